The van der Waals surface area contributed by atoms with Crippen LogP contribution in [0.5, 0.6) is 0 Å². The van der Waals surface area contributed by atoms with Crippen molar-refractivity contribution >= 4 is 28.9 Å². The molecule has 2 aromatic rings. The number of fused-ring (bicyclic) bond motifs is 1. The van der Waals surface area contributed by atoms with Crippen molar-refractivity contribution < 1.29 is 4.79 Å². The van der Waals surface area contributed by atoms with Crippen molar-refractivity contribution in [1.29, 1.82) is 5.26 Å². The van der Waals surface area contributed by atoms with Gasteiger partial charge in [-0.1, -0.05) is 24.3 Å². The zero-order valence-corrected chi connectivity index (χ0v) is 18.6. The highest BCUT2D eigenvalue weighted by Crippen LogP contribution is 2.41. The molecule has 2 aromatic carbocycles. The minimum absolute atomic E-state index is 0.0809. The van der Waals surface area contributed by atoms with E-state index in [-0.39, 0.29) is 11.1 Å². The number of hydrogen-bond acceptors (Lipinski definition) is 3. The summed E-state index contributed by atoms with van der Waals surface area (Å²) in [6.45, 7) is 13.0. The van der Waals surface area contributed by atoms with E-state index in [0.717, 1.165) is 16.7 Å². The van der Waals surface area contributed by atoms with Crippen molar-refractivity contribution in [2.75, 3.05) is 10.2 Å². The molecule has 0 aliphatic carbocycles. The maximum Gasteiger partial charge on any atom is 0.266 e. The second kappa shape index (κ2) is 8.20. The smallest absolute Gasteiger partial charge is 0.266 e. The Balaban J connectivity index is 2.02. The Hall–Kier alpha value is -3.32. The zero-order valence-electron chi connectivity index (χ0n) is 18.6. The van der Waals surface area contributed by atoms with Crippen LogP contribution in [0.3, 0.4) is 0 Å². The number of nitriles is 1. The first-order valence-corrected chi connectivity index (χ1v) is 10.3. The molecule has 0 unspecified atom stereocenters. The maximum absolute atomic E-state index is 12.6. The normalized spacial score (nSPS) is 15.3. The molecular formula is C26H29N3O. The molecule has 3 rings (SSSR count). The molecule has 0 bridgehead atoms. The number of carbonyl (C=O) groups excluding carboxylic acids is 1. The molecule has 4 nitrogen and oxygen atoms in total. The number of para-hydroxylation sites is 1. The zero-order chi connectivity index (χ0) is 22.1. The highest BCUT2D eigenvalue weighted by atomic mass is 16.1. The van der Waals surface area contributed by atoms with E-state index in [9.17, 15) is 10.1 Å². The van der Waals surface area contributed by atoms with E-state index in [1.807, 2.05) is 25.1 Å². The molecule has 0 radical (unpaired) electrons. The first-order valence-electron chi connectivity index (χ1n) is 10.3. The Morgan fingerprint density at radius 3 is 2.43 bits per heavy atom. The van der Waals surface area contributed by atoms with E-state index in [4.69, 9.17) is 0 Å². The van der Waals surface area contributed by atoms with Crippen molar-refractivity contribution in [3.63, 3.8) is 0 Å². The summed E-state index contributed by atoms with van der Waals surface area (Å²) in [6, 6.07) is 15.8. The summed E-state index contributed by atoms with van der Waals surface area (Å²) in [5.41, 5.74) is 6.11. The summed E-state index contributed by atoms with van der Waals surface area (Å²) < 4.78 is 0. The Labute approximate surface area is 179 Å². The molecule has 1 N–H and O–H groups in total. The SMILES string of the molecule is CC1=CC(C)(C)N(C(C)C)c2cc(C)c(/C=C(/C#N)C(=O)Nc3ccccc3)cc21. The fourth-order valence-corrected chi connectivity index (χ4v) is 4.34. The molecule has 1 amide bonds. The lowest BCUT2D eigenvalue weighted by Crippen LogP contribution is -2.49. The van der Waals surface area contributed by atoms with Gasteiger partial charge in [0.25, 0.3) is 5.91 Å². The van der Waals surface area contributed by atoms with Crippen LogP contribution in [0.2, 0.25) is 0 Å². The summed E-state index contributed by atoms with van der Waals surface area (Å²) in [4.78, 5) is 15.0. The number of nitrogens with zero attached hydrogens (tertiary/aromatic N) is 2. The predicted molar refractivity (Wildman–Crippen MR) is 125 cm³/mol. The molecule has 0 aromatic heterocycles. The number of benzene rings is 2. The van der Waals surface area contributed by atoms with Crippen molar-refractivity contribution in [3.05, 3.63) is 70.8 Å². The van der Waals surface area contributed by atoms with Crippen LogP contribution in [0.25, 0.3) is 11.6 Å². The summed E-state index contributed by atoms with van der Waals surface area (Å²) in [5, 5.41) is 12.4. The van der Waals surface area contributed by atoms with Gasteiger partial charge in [-0.2, -0.15) is 5.26 Å². The van der Waals surface area contributed by atoms with Gasteiger partial charge >= 0.3 is 0 Å². The van der Waals surface area contributed by atoms with Crippen molar-refractivity contribution in [3.8, 4) is 6.07 Å². The highest BCUT2D eigenvalue weighted by Gasteiger charge is 2.33. The van der Waals surface area contributed by atoms with Gasteiger partial charge in [0.2, 0.25) is 0 Å². The summed E-state index contributed by atoms with van der Waals surface area (Å²) in [6.07, 6.45) is 3.96. The quantitative estimate of drug-likeness (QED) is 0.510. The first kappa shape index (κ1) is 21.4. The fourth-order valence-electron chi connectivity index (χ4n) is 4.34. The third-order valence-electron chi connectivity index (χ3n) is 5.47. The number of rotatable bonds is 4. The lowest BCUT2D eigenvalue weighted by Gasteiger charge is -2.46. The molecule has 1 aliphatic heterocycles. The highest BCUT2D eigenvalue weighted by molar-refractivity contribution is 6.09. The average Bonchev–Trinajstić information content (AvgIpc) is 2.66. The van der Waals surface area contributed by atoms with Gasteiger partial charge in [0.1, 0.15) is 11.6 Å². The average molecular weight is 400 g/mol. The molecule has 1 aliphatic rings. The molecule has 1 heterocycles. The molecular weight excluding hydrogens is 370 g/mol. The van der Waals surface area contributed by atoms with Crippen LogP contribution in [0.1, 0.15) is 51.3 Å². The number of carbonyl (C=O) groups is 1. The van der Waals surface area contributed by atoms with Crippen LogP contribution < -0.4 is 10.2 Å². The van der Waals surface area contributed by atoms with Crippen molar-refractivity contribution in [2.45, 2.75) is 53.1 Å². The first-order chi connectivity index (χ1) is 14.1. The largest absolute Gasteiger partial charge is 0.360 e. The molecule has 4 heteroatoms. The van der Waals surface area contributed by atoms with Gasteiger partial charge < -0.3 is 10.2 Å². The Bertz CT molecular complexity index is 1070. The van der Waals surface area contributed by atoms with Gasteiger partial charge in [-0.15, -0.1) is 0 Å². The van der Waals surface area contributed by atoms with Crippen LogP contribution in [0.4, 0.5) is 11.4 Å². The van der Waals surface area contributed by atoms with Gasteiger partial charge in [0.15, 0.2) is 0 Å². The molecule has 0 saturated carbocycles. The molecule has 0 saturated heterocycles. The van der Waals surface area contributed by atoms with E-state index in [1.54, 1.807) is 18.2 Å². The van der Waals surface area contributed by atoms with Crippen LogP contribution in [-0.2, 0) is 4.79 Å². The second-order valence-corrected chi connectivity index (χ2v) is 8.66. The summed E-state index contributed by atoms with van der Waals surface area (Å²) in [7, 11) is 0. The number of nitrogens with one attached hydrogen (secondary N) is 1. The monoisotopic (exact) mass is 399 g/mol. The minimum Gasteiger partial charge on any atom is -0.360 e. The number of amides is 1. The lowest BCUT2D eigenvalue weighted by molar-refractivity contribution is -0.112. The molecule has 0 spiro atoms. The molecule has 30 heavy (non-hydrogen) atoms. The Kier molecular flexibility index (Phi) is 5.85. The third-order valence-corrected chi connectivity index (χ3v) is 5.47. The van der Waals surface area contributed by atoms with Crippen molar-refractivity contribution in [2.24, 2.45) is 0 Å². The standard InChI is InChI=1S/C26H29N3O/c1-17(2)29-24-12-18(3)20(14-23(24)19(4)15-26(29,5)6)13-21(16-27)25(30)28-22-10-8-7-9-11-22/h7-15,17H,1-6H3,(H,28,30)/b21-13-. The summed E-state index contributed by atoms with van der Waals surface area (Å²) in [5.74, 6) is -0.405. The summed E-state index contributed by atoms with van der Waals surface area (Å²) >= 11 is 0. The predicted octanol–water partition coefficient (Wildman–Crippen LogP) is 5.95. The van der Waals surface area contributed by atoms with E-state index in [2.05, 4.69) is 69.1 Å². The third kappa shape index (κ3) is 4.16. The second-order valence-electron chi connectivity index (χ2n) is 8.66. The topological polar surface area (TPSA) is 56.1 Å². The molecule has 154 valence electrons. The number of anilines is 2. The number of allylic oxidation sites excluding steroid dienone is 1. The van der Waals surface area contributed by atoms with Crippen molar-refractivity contribution in [1.82, 2.24) is 0 Å². The van der Waals surface area contributed by atoms with Crippen LogP contribution in [-0.4, -0.2) is 17.5 Å². The van der Waals surface area contributed by atoms with Gasteiger partial charge in [-0.3, -0.25) is 4.79 Å². The van der Waals surface area contributed by atoms with E-state index >= 15 is 0 Å². The van der Waals surface area contributed by atoms with Crippen LogP contribution in [0.15, 0.2) is 54.1 Å². The Morgan fingerprint density at radius 1 is 1.17 bits per heavy atom. The Morgan fingerprint density at radius 2 is 1.83 bits per heavy atom. The lowest BCUT2D eigenvalue weighted by atomic mass is 9.85. The van der Waals surface area contributed by atoms with Gasteiger partial charge in [0.05, 0.1) is 5.54 Å². The molecule has 0 fully saturated rings. The van der Waals surface area contributed by atoms with Gasteiger partial charge in [-0.05, 0) is 88.6 Å². The van der Waals surface area contributed by atoms with Crippen LogP contribution >= 0.6 is 0 Å². The van der Waals surface area contributed by atoms with Gasteiger partial charge in [0, 0.05) is 23.0 Å². The minimum atomic E-state index is -0.405. The molecule has 0 atom stereocenters. The number of hydrogen-bond donors (Lipinski definition) is 1. The van der Waals surface area contributed by atoms with Gasteiger partial charge in [-0.25, -0.2) is 0 Å². The number of aryl methyl sites for hydroxylation is 1. The maximum atomic E-state index is 12.6. The van der Waals surface area contributed by atoms with E-state index in [0.29, 0.717) is 11.7 Å². The fraction of sp³-hybridized carbons (Fsp3) is 0.308. The van der Waals surface area contributed by atoms with E-state index < -0.39 is 5.91 Å². The van der Waals surface area contributed by atoms with Crippen LogP contribution in [0, 0.1) is 18.3 Å². The van der Waals surface area contributed by atoms with E-state index in [1.165, 1.54) is 11.3 Å².